The second-order valence-electron chi connectivity index (χ2n) is 9.49. The average Bonchev–Trinajstić information content (AvgIpc) is 3.06. The maximum Gasteiger partial charge on any atom is 0.242 e. The van der Waals surface area contributed by atoms with Crippen molar-refractivity contribution in [3.63, 3.8) is 0 Å². The number of piperidine rings is 1. The number of hydrogen-bond donors (Lipinski definition) is 1. The molecule has 0 spiro atoms. The summed E-state index contributed by atoms with van der Waals surface area (Å²) in [5, 5.41) is 9.36. The Morgan fingerprint density at radius 2 is 2.13 bits per heavy atom. The highest BCUT2D eigenvalue weighted by atomic mass is 16.2. The fourth-order valence-electron chi connectivity index (χ4n) is 5.90. The van der Waals surface area contributed by atoms with Crippen LogP contribution in [0.4, 0.5) is 0 Å². The Morgan fingerprint density at radius 1 is 1.33 bits per heavy atom. The standard InChI is InChI=1S/C23H29N5O2/c1-13-4-3-5-15(6-13)14(2)27-18-9-21(23(27)30)26(11-18)12-19(25)22(29)28-17(10-24)7-16-8-20(16)28/h3-6,14,16-21H,7-9,11-12,25H2,1-2H3/t14-,16?,17+,18?,19+,20+,21-/m1/s1. The molecule has 3 aliphatic heterocycles. The minimum atomic E-state index is -0.685. The van der Waals surface area contributed by atoms with E-state index >= 15 is 0 Å². The summed E-state index contributed by atoms with van der Waals surface area (Å²) >= 11 is 0. The second kappa shape index (κ2) is 7.07. The Kier molecular flexibility index (Phi) is 4.60. The molecule has 4 aliphatic rings. The lowest BCUT2D eigenvalue weighted by Crippen LogP contribution is -2.57. The molecule has 1 saturated carbocycles. The van der Waals surface area contributed by atoms with Crippen LogP contribution in [-0.4, -0.2) is 69.8 Å². The molecule has 30 heavy (non-hydrogen) atoms. The fraction of sp³-hybridized carbons (Fsp3) is 0.609. The molecule has 1 aromatic carbocycles. The van der Waals surface area contributed by atoms with E-state index in [2.05, 4.69) is 43.0 Å². The van der Waals surface area contributed by atoms with Gasteiger partial charge in [-0.15, -0.1) is 0 Å². The number of nitrogens with zero attached hydrogens (tertiary/aromatic N) is 4. The van der Waals surface area contributed by atoms with Crippen molar-refractivity contribution in [2.24, 2.45) is 11.7 Å². The van der Waals surface area contributed by atoms with Crippen LogP contribution in [0.5, 0.6) is 0 Å². The van der Waals surface area contributed by atoms with Crippen LogP contribution in [0.2, 0.25) is 0 Å². The largest absolute Gasteiger partial charge is 0.330 e. The Bertz CT molecular complexity index is 926. The van der Waals surface area contributed by atoms with E-state index in [-0.39, 0.29) is 42.0 Å². The van der Waals surface area contributed by atoms with Gasteiger partial charge >= 0.3 is 0 Å². The summed E-state index contributed by atoms with van der Waals surface area (Å²) in [6.45, 7) is 5.29. The van der Waals surface area contributed by atoms with Crippen molar-refractivity contribution in [3.05, 3.63) is 35.4 Å². The van der Waals surface area contributed by atoms with Crippen LogP contribution in [0, 0.1) is 24.2 Å². The lowest BCUT2D eigenvalue weighted by atomic mass is 10.0. The monoisotopic (exact) mass is 407 g/mol. The number of benzene rings is 1. The SMILES string of the molecule is Cc1cccc([C@@H](C)N2C(=O)[C@H]3CC2CN3C[C@H](N)C(=O)N2[C@H](C#N)CC3C[C@@H]32)c1. The quantitative estimate of drug-likeness (QED) is 0.791. The van der Waals surface area contributed by atoms with Gasteiger partial charge in [0.2, 0.25) is 11.8 Å². The molecule has 0 aromatic heterocycles. The van der Waals surface area contributed by atoms with Gasteiger partial charge in [-0.05, 0) is 44.6 Å². The van der Waals surface area contributed by atoms with Gasteiger partial charge in [0.05, 0.1) is 24.2 Å². The molecule has 2 bridgehead atoms. The normalized spacial score (nSPS) is 34.1. The van der Waals surface area contributed by atoms with Crippen LogP contribution >= 0.6 is 0 Å². The summed E-state index contributed by atoms with van der Waals surface area (Å²) in [6, 6.07) is 9.76. The van der Waals surface area contributed by atoms with Crippen molar-refractivity contribution in [2.45, 2.75) is 69.4 Å². The summed E-state index contributed by atoms with van der Waals surface area (Å²) in [5.41, 5.74) is 8.64. The van der Waals surface area contributed by atoms with Crippen molar-refractivity contribution in [1.82, 2.24) is 14.7 Å². The smallest absolute Gasteiger partial charge is 0.242 e. The molecule has 2 amide bonds. The minimum absolute atomic E-state index is 0.0395. The van der Waals surface area contributed by atoms with Crippen molar-refractivity contribution in [1.29, 1.82) is 5.26 Å². The van der Waals surface area contributed by atoms with Gasteiger partial charge in [0.1, 0.15) is 6.04 Å². The molecule has 1 aliphatic carbocycles. The van der Waals surface area contributed by atoms with Crippen LogP contribution in [0.25, 0.3) is 0 Å². The van der Waals surface area contributed by atoms with Gasteiger partial charge in [0.25, 0.3) is 0 Å². The summed E-state index contributed by atoms with van der Waals surface area (Å²) in [4.78, 5) is 31.9. The Labute approximate surface area is 177 Å². The molecule has 4 fully saturated rings. The third kappa shape index (κ3) is 3.01. The zero-order chi connectivity index (χ0) is 21.2. The van der Waals surface area contributed by atoms with Crippen LogP contribution in [0.3, 0.4) is 0 Å². The number of likely N-dealkylation sites (tertiary alicyclic amines) is 3. The number of rotatable bonds is 5. The zero-order valence-corrected chi connectivity index (χ0v) is 17.6. The van der Waals surface area contributed by atoms with E-state index in [4.69, 9.17) is 5.73 Å². The maximum atomic E-state index is 13.1. The number of carbonyl (C=O) groups is 2. The fourth-order valence-corrected chi connectivity index (χ4v) is 5.90. The number of piperazine rings is 1. The Morgan fingerprint density at radius 3 is 2.83 bits per heavy atom. The summed E-state index contributed by atoms with van der Waals surface area (Å²) in [7, 11) is 0. The molecule has 0 radical (unpaired) electrons. The first kappa shape index (κ1) is 19.5. The lowest BCUT2D eigenvalue weighted by molar-refractivity contribution is -0.141. The zero-order valence-electron chi connectivity index (χ0n) is 17.6. The van der Waals surface area contributed by atoms with E-state index in [1.54, 1.807) is 4.90 Å². The van der Waals surface area contributed by atoms with E-state index in [0.29, 0.717) is 12.5 Å². The average molecular weight is 408 g/mol. The molecule has 7 atom stereocenters. The van der Waals surface area contributed by atoms with Crippen molar-refractivity contribution in [3.8, 4) is 6.07 Å². The number of aryl methyl sites for hydroxylation is 1. The number of nitrogens with two attached hydrogens (primary N) is 1. The number of amides is 2. The minimum Gasteiger partial charge on any atom is -0.330 e. The van der Waals surface area contributed by atoms with Gasteiger partial charge in [0.15, 0.2) is 0 Å². The predicted octanol–water partition coefficient (Wildman–Crippen LogP) is 1.18. The molecule has 2 unspecified atom stereocenters. The first-order valence-corrected chi connectivity index (χ1v) is 11.0. The molecule has 7 nitrogen and oxygen atoms in total. The number of carbonyl (C=O) groups excluding carboxylic acids is 2. The molecule has 5 rings (SSSR count). The van der Waals surface area contributed by atoms with E-state index in [0.717, 1.165) is 31.4 Å². The lowest BCUT2D eigenvalue weighted by Gasteiger charge is -2.38. The molecule has 3 heterocycles. The third-order valence-electron chi connectivity index (χ3n) is 7.51. The van der Waals surface area contributed by atoms with Crippen LogP contribution < -0.4 is 5.73 Å². The number of nitriles is 1. The van der Waals surface area contributed by atoms with Gasteiger partial charge < -0.3 is 15.5 Å². The Hall–Kier alpha value is -2.43. The van der Waals surface area contributed by atoms with Crippen LogP contribution in [0.15, 0.2) is 24.3 Å². The predicted molar refractivity (Wildman–Crippen MR) is 111 cm³/mol. The van der Waals surface area contributed by atoms with E-state index in [9.17, 15) is 14.9 Å². The van der Waals surface area contributed by atoms with Gasteiger partial charge in [0, 0.05) is 25.2 Å². The van der Waals surface area contributed by atoms with Crippen LogP contribution in [-0.2, 0) is 9.59 Å². The van der Waals surface area contributed by atoms with E-state index in [1.165, 1.54) is 5.56 Å². The molecule has 3 saturated heterocycles. The first-order valence-electron chi connectivity index (χ1n) is 11.0. The molecular weight excluding hydrogens is 378 g/mol. The second-order valence-corrected chi connectivity index (χ2v) is 9.49. The van der Waals surface area contributed by atoms with Crippen molar-refractivity contribution < 1.29 is 9.59 Å². The molecule has 7 heteroatoms. The van der Waals surface area contributed by atoms with Gasteiger partial charge in [-0.25, -0.2) is 0 Å². The van der Waals surface area contributed by atoms with E-state index in [1.807, 2.05) is 11.0 Å². The number of fused-ring (bicyclic) bond motifs is 3. The summed E-state index contributed by atoms with van der Waals surface area (Å²) in [6.07, 6.45) is 2.57. The Balaban J connectivity index is 1.24. The van der Waals surface area contributed by atoms with Gasteiger partial charge in [-0.2, -0.15) is 5.26 Å². The highest BCUT2D eigenvalue weighted by Gasteiger charge is 2.56. The van der Waals surface area contributed by atoms with Gasteiger partial charge in [-0.3, -0.25) is 14.5 Å². The molecule has 1 aromatic rings. The topological polar surface area (TPSA) is 93.7 Å². The van der Waals surface area contributed by atoms with Gasteiger partial charge in [-0.1, -0.05) is 29.8 Å². The number of hydrogen-bond acceptors (Lipinski definition) is 5. The maximum absolute atomic E-state index is 13.1. The highest BCUT2D eigenvalue weighted by molar-refractivity contribution is 5.87. The van der Waals surface area contributed by atoms with Crippen molar-refractivity contribution in [2.75, 3.05) is 13.1 Å². The summed E-state index contributed by atoms with van der Waals surface area (Å²) < 4.78 is 0. The highest BCUT2D eigenvalue weighted by Crippen LogP contribution is 2.48. The molecular formula is C23H29N5O2. The molecule has 158 valence electrons. The molecule has 2 N–H and O–H groups in total. The summed E-state index contributed by atoms with van der Waals surface area (Å²) in [5.74, 6) is 0.483. The van der Waals surface area contributed by atoms with Crippen molar-refractivity contribution >= 4 is 11.8 Å². The van der Waals surface area contributed by atoms with Crippen LogP contribution in [0.1, 0.15) is 43.4 Å². The first-order chi connectivity index (χ1) is 14.4. The van der Waals surface area contributed by atoms with E-state index < -0.39 is 6.04 Å². The third-order valence-corrected chi connectivity index (χ3v) is 7.51.